The monoisotopic (exact) mass is 646 g/mol. The second-order valence-corrected chi connectivity index (χ2v) is 12.0. The van der Waals surface area contributed by atoms with E-state index in [1.807, 2.05) is 39.6 Å². The molecule has 0 aliphatic heterocycles. The van der Waals surface area contributed by atoms with Crippen molar-refractivity contribution in [1.82, 2.24) is 29.8 Å². The van der Waals surface area contributed by atoms with E-state index in [0.29, 0.717) is 23.8 Å². The summed E-state index contributed by atoms with van der Waals surface area (Å²) in [6.07, 6.45) is 1.69. The summed E-state index contributed by atoms with van der Waals surface area (Å²) in [6, 6.07) is 47.9. The summed E-state index contributed by atoms with van der Waals surface area (Å²) in [4.78, 5) is 4.62. The van der Waals surface area contributed by atoms with Crippen molar-refractivity contribution in [3.8, 4) is 22.5 Å². The summed E-state index contributed by atoms with van der Waals surface area (Å²) < 4.78 is 3.99. The summed E-state index contributed by atoms with van der Waals surface area (Å²) in [7, 11) is 0. The first-order valence-electron chi connectivity index (χ1n) is 16.6. The molecule has 49 heavy (non-hydrogen) atoms. The molecule has 2 N–H and O–H groups in total. The van der Waals surface area contributed by atoms with Crippen LogP contribution in [0, 0.1) is 0 Å². The highest BCUT2D eigenvalue weighted by molar-refractivity contribution is 5.81. The molecule has 8 nitrogen and oxygen atoms in total. The Morgan fingerprint density at radius 1 is 0.633 bits per heavy atom. The van der Waals surface area contributed by atoms with Gasteiger partial charge in [0.15, 0.2) is 5.82 Å². The lowest BCUT2D eigenvalue weighted by Crippen LogP contribution is -2.39. The highest BCUT2D eigenvalue weighted by Gasteiger charge is 2.42. The van der Waals surface area contributed by atoms with Crippen molar-refractivity contribution in [2.75, 3.05) is 0 Å². The molecule has 244 valence electrons. The first-order valence-corrected chi connectivity index (χ1v) is 16.6. The average molecular weight is 647 g/mol. The van der Waals surface area contributed by atoms with Crippen LogP contribution in [0.4, 0.5) is 0 Å². The first-order chi connectivity index (χ1) is 24.2. The second-order valence-electron chi connectivity index (χ2n) is 12.0. The molecule has 8 heteroatoms. The fourth-order valence-corrected chi connectivity index (χ4v) is 6.88. The molecule has 0 unspecified atom stereocenters. The summed E-state index contributed by atoms with van der Waals surface area (Å²) in [5.74, 6) is 1.51. The van der Waals surface area contributed by atoms with Crippen LogP contribution in [0.5, 0.6) is 0 Å². The summed E-state index contributed by atoms with van der Waals surface area (Å²) in [5.41, 5.74) is 7.44. The molecule has 0 aliphatic carbocycles. The highest BCUT2D eigenvalue weighted by atomic mass is 16.3. The van der Waals surface area contributed by atoms with Crippen LogP contribution in [0.3, 0.4) is 0 Å². The summed E-state index contributed by atoms with van der Waals surface area (Å²) in [5, 5.41) is 33.7. The number of aliphatic hydroxyl groups excluding tert-OH is 2. The molecule has 0 fully saturated rings. The Morgan fingerprint density at radius 3 is 1.71 bits per heavy atom. The molecule has 0 saturated heterocycles. The van der Waals surface area contributed by atoms with E-state index in [2.05, 4.69) is 126 Å². The number of aliphatic hydroxyl groups is 2. The minimum absolute atomic E-state index is 0.177. The van der Waals surface area contributed by atoms with Crippen LogP contribution >= 0.6 is 0 Å². The maximum absolute atomic E-state index is 10.1. The van der Waals surface area contributed by atoms with Crippen molar-refractivity contribution in [3.63, 3.8) is 0 Å². The van der Waals surface area contributed by atoms with E-state index >= 15 is 0 Å². The molecule has 0 amide bonds. The van der Waals surface area contributed by atoms with Crippen molar-refractivity contribution >= 4 is 0 Å². The molecule has 0 bridgehead atoms. The number of aromatic nitrogens is 6. The van der Waals surface area contributed by atoms with Gasteiger partial charge >= 0.3 is 0 Å². The maximum atomic E-state index is 10.1. The summed E-state index contributed by atoms with van der Waals surface area (Å²) >= 11 is 0. The van der Waals surface area contributed by atoms with Gasteiger partial charge in [-0.2, -0.15) is 0 Å². The van der Waals surface area contributed by atoms with E-state index in [1.54, 1.807) is 0 Å². The fraction of sp³-hybridized carbons (Fsp3) is 0.171. The van der Waals surface area contributed by atoms with Crippen molar-refractivity contribution in [2.45, 2.75) is 45.1 Å². The van der Waals surface area contributed by atoms with Crippen molar-refractivity contribution in [2.24, 2.45) is 0 Å². The van der Waals surface area contributed by atoms with E-state index < -0.39 is 5.54 Å². The van der Waals surface area contributed by atoms with Gasteiger partial charge < -0.3 is 14.8 Å². The second kappa shape index (κ2) is 14.2. The molecular weight excluding hydrogens is 608 g/mol. The van der Waals surface area contributed by atoms with Crippen molar-refractivity contribution in [3.05, 3.63) is 179 Å². The Hall–Kier alpha value is -5.70. The maximum Gasteiger partial charge on any atom is 0.184 e. The molecule has 2 aromatic heterocycles. The standard InChI is InChI=1S/C41H38N6O2/c1-2-14-39-42-37(28-48)38(29-49)46(39)27-30-23-25-31(26-24-30)35-21-12-13-22-36(35)40-43-44-45-47(40)41(32-15-6-3-7-16-32,33-17-8-4-9-18-33)34-19-10-5-11-20-34/h3-13,15-26,48-49H,2,14,27-29H2,1H3. The molecule has 7 rings (SSSR count). The predicted octanol–water partition coefficient (Wildman–Crippen LogP) is 7.03. The van der Waals surface area contributed by atoms with E-state index in [4.69, 9.17) is 10.3 Å². The van der Waals surface area contributed by atoms with Crippen LogP contribution < -0.4 is 0 Å². The average Bonchev–Trinajstić information content (AvgIpc) is 3.79. The molecule has 2 heterocycles. The fourth-order valence-electron chi connectivity index (χ4n) is 6.88. The van der Waals surface area contributed by atoms with Gasteiger partial charge in [-0.1, -0.05) is 146 Å². The zero-order valence-corrected chi connectivity index (χ0v) is 27.4. The van der Waals surface area contributed by atoms with Gasteiger partial charge in [0.25, 0.3) is 0 Å². The molecule has 0 spiro atoms. The Labute approximate surface area is 286 Å². The molecule has 0 saturated carbocycles. The van der Waals surface area contributed by atoms with Crippen LogP contribution in [0.2, 0.25) is 0 Å². The Morgan fingerprint density at radius 2 is 1.18 bits per heavy atom. The van der Waals surface area contributed by atoms with Crippen LogP contribution in [-0.4, -0.2) is 40.0 Å². The third-order valence-corrected chi connectivity index (χ3v) is 9.14. The van der Waals surface area contributed by atoms with Gasteiger partial charge in [-0.05, 0) is 50.2 Å². The SMILES string of the molecule is CCCc1nc(CO)c(CO)n1Cc1ccc(-c2ccccc2-c2nnnn2C(c2ccccc2)(c2ccccc2)c2ccccc2)cc1. The smallest absolute Gasteiger partial charge is 0.184 e. The summed E-state index contributed by atoms with van der Waals surface area (Å²) in [6.45, 7) is 2.27. The molecule has 0 atom stereocenters. The largest absolute Gasteiger partial charge is 0.390 e. The van der Waals surface area contributed by atoms with E-state index in [1.165, 1.54) is 0 Å². The molecule has 0 radical (unpaired) electrons. The van der Waals surface area contributed by atoms with Gasteiger partial charge in [0, 0.05) is 18.5 Å². The Kier molecular flexibility index (Phi) is 9.23. The number of tetrazole rings is 1. The first kappa shape index (κ1) is 31.9. The number of hydrogen-bond acceptors (Lipinski definition) is 6. The van der Waals surface area contributed by atoms with E-state index in [0.717, 1.165) is 57.6 Å². The number of rotatable bonds is 12. The highest BCUT2D eigenvalue weighted by Crippen LogP contribution is 2.43. The third-order valence-electron chi connectivity index (χ3n) is 9.14. The van der Waals surface area contributed by atoms with E-state index in [-0.39, 0.29) is 13.2 Å². The van der Waals surface area contributed by atoms with Gasteiger partial charge in [0.05, 0.1) is 24.6 Å². The van der Waals surface area contributed by atoms with Gasteiger partial charge in [-0.15, -0.1) is 5.10 Å². The quantitative estimate of drug-likeness (QED) is 0.138. The molecular formula is C41H38N6O2. The van der Waals surface area contributed by atoms with Crippen molar-refractivity contribution in [1.29, 1.82) is 0 Å². The van der Waals surface area contributed by atoms with Crippen molar-refractivity contribution < 1.29 is 10.2 Å². The van der Waals surface area contributed by atoms with Crippen LogP contribution in [0.15, 0.2) is 140 Å². The minimum atomic E-state index is -0.863. The zero-order chi connectivity index (χ0) is 33.6. The van der Waals surface area contributed by atoms with Gasteiger partial charge in [-0.3, -0.25) is 0 Å². The van der Waals surface area contributed by atoms with Crippen LogP contribution in [-0.2, 0) is 31.7 Å². The van der Waals surface area contributed by atoms with Gasteiger partial charge in [0.2, 0.25) is 0 Å². The van der Waals surface area contributed by atoms with Crippen LogP contribution in [0.1, 0.15) is 52.8 Å². The number of hydrogen-bond donors (Lipinski definition) is 2. The molecule has 5 aromatic carbocycles. The third kappa shape index (κ3) is 5.86. The topological polar surface area (TPSA) is 102 Å². The predicted molar refractivity (Wildman–Crippen MR) is 190 cm³/mol. The lowest BCUT2D eigenvalue weighted by Gasteiger charge is -2.36. The number of aryl methyl sites for hydroxylation is 1. The van der Waals surface area contributed by atoms with Gasteiger partial charge in [-0.25, -0.2) is 9.67 Å². The minimum Gasteiger partial charge on any atom is -0.390 e. The lowest BCUT2D eigenvalue weighted by molar-refractivity contribution is 0.251. The number of imidazole rings is 1. The molecule has 0 aliphatic rings. The Balaban J connectivity index is 1.34. The van der Waals surface area contributed by atoms with E-state index in [9.17, 15) is 10.2 Å². The van der Waals surface area contributed by atoms with Gasteiger partial charge in [0.1, 0.15) is 11.4 Å². The molecule has 7 aromatic rings. The number of benzene rings is 5. The van der Waals surface area contributed by atoms with Crippen LogP contribution in [0.25, 0.3) is 22.5 Å². The zero-order valence-electron chi connectivity index (χ0n) is 27.4. The number of nitrogens with zero attached hydrogens (tertiary/aromatic N) is 6. The lowest BCUT2D eigenvalue weighted by atomic mass is 9.77. The Bertz CT molecular complexity index is 2030. The normalized spacial score (nSPS) is 11.6.